The highest BCUT2D eigenvalue weighted by atomic mass is 16.5. The van der Waals surface area contributed by atoms with Crippen LogP contribution in [0.1, 0.15) is 22.8 Å². The van der Waals surface area contributed by atoms with E-state index in [1.807, 2.05) is 6.92 Å². The second-order valence-electron chi connectivity index (χ2n) is 3.42. The van der Waals surface area contributed by atoms with Gasteiger partial charge < -0.3 is 14.9 Å². The number of ether oxygens (including phenoxy) is 1. The molecule has 0 aliphatic carbocycles. The average Bonchev–Trinajstić information content (AvgIpc) is 2.45. The van der Waals surface area contributed by atoms with E-state index in [9.17, 15) is 9.90 Å². The van der Waals surface area contributed by atoms with Crippen LogP contribution in [-0.2, 0) is 6.42 Å². The Morgan fingerprint density at radius 1 is 1.57 bits per heavy atom. The number of phenols is 1. The quantitative estimate of drug-likeness (QED) is 0.709. The van der Waals surface area contributed by atoms with Gasteiger partial charge >= 0.3 is 5.97 Å². The van der Waals surface area contributed by atoms with Crippen molar-refractivity contribution in [3.63, 3.8) is 0 Å². The molecule has 1 aliphatic rings. The van der Waals surface area contributed by atoms with E-state index in [2.05, 4.69) is 0 Å². The molecule has 0 amide bonds. The number of phenolic OH excluding ortho intramolecular Hbond substituents is 1. The first-order valence-electron chi connectivity index (χ1n) is 4.34. The minimum absolute atomic E-state index is 0.0000510. The molecule has 0 saturated heterocycles. The van der Waals surface area contributed by atoms with Gasteiger partial charge in [0.1, 0.15) is 6.10 Å². The number of benzene rings is 1. The average molecular weight is 194 g/mol. The number of carbonyl (C=O) groups is 1. The van der Waals surface area contributed by atoms with Crippen LogP contribution in [0.5, 0.6) is 11.5 Å². The third kappa shape index (κ3) is 1.28. The van der Waals surface area contributed by atoms with Crippen molar-refractivity contribution in [2.24, 2.45) is 0 Å². The smallest absolute Gasteiger partial charge is 0.335 e. The summed E-state index contributed by atoms with van der Waals surface area (Å²) in [5.41, 5.74) is 0.855. The summed E-state index contributed by atoms with van der Waals surface area (Å²) in [4.78, 5) is 10.7. The molecule has 74 valence electrons. The van der Waals surface area contributed by atoms with Crippen LogP contribution in [0, 0.1) is 0 Å². The summed E-state index contributed by atoms with van der Waals surface area (Å²) in [6.07, 6.45) is 0.643. The zero-order valence-corrected chi connectivity index (χ0v) is 7.65. The van der Waals surface area contributed by atoms with E-state index in [0.29, 0.717) is 12.2 Å². The van der Waals surface area contributed by atoms with Crippen LogP contribution in [0.4, 0.5) is 0 Å². The van der Waals surface area contributed by atoms with E-state index < -0.39 is 5.97 Å². The molecule has 2 N–H and O–H groups in total. The van der Waals surface area contributed by atoms with E-state index in [1.165, 1.54) is 6.07 Å². The lowest BCUT2D eigenvalue weighted by molar-refractivity contribution is 0.0696. The number of carboxylic acid groups (broad SMARTS) is 1. The molecule has 0 bridgehead atoms. The van der Waals surface area contributed by atoms with Crippen LogP contribution in [0.3, 0.4) is 0 Å². The number of carboxylic acids is 1. The van der Waals surface area contributed by atoms with Gasteiger partial charge in [0.2, 0.25) is 0 Å². The molecule has 1 aliphatic heterocycles. The summed E-state index contributed by atoms with van der Waals surface area (Å²) in [6.45, 7) is 1.87. The Hall–Kier alpha value is -1.71. The zero-order valence-electron chi connectivity index (χ0n) is 7.65. The van der Waals surface area contributed by atoms with Crippen molar-refractivity contribution in [1.82, 2.24) is 0 Å². The Labute approximate surface area is 80.7 Å². The van der Waals surface area contributed by atoms with Gasteiger partial charge in [-0.1, -0.05) is 0 Å². The largest absolute Gasteiger partial charge is 0.504 e. The Morgan fingerprint density at radius 2 is 2.29 bits per heavy atom. The fourth-order valence-corrected chi connectivity index (χ4v) is 1.64. The number of hydrogen-bond donors (Lipinski definition) is 2. The van der Waals surface area contributed by atoms with E-state index >= 15 is 0 Å². The molecule has 1 aromatic rings. The van der Waals surface area contributed by atoms with Crippen LogP contribution in [0.25, 0.3) is 0 Å². The van der Waals surface area contributed by atoms with Gasteiger partial charge in [-0.25, -0.2) is 4.79 Å². The van der Waals surface area contributed by atoms with Gasteiger partial charge in [-0.05, 0) is 19.1 Å². The monoisotopic (exact) mass is 194 g/mol. The molecule has 14 heavy (non-hydrogen) atoms. The number of rotatable bonds is 1. The predicted molar refractivity (Wildman–Crippen MR) is 48.9 cm³/mol. The maximum atomic E-state index is 10.7. The lowest BCUT2D eigenvalue weighted by Gasteiger charge is -2.04. The first kappa shape index (κ1) is 8.87. The third-order valence-corrected chi connectivity index (χ3v) is 2.22. The molecule has 1 unspecified atom stereocenters. The SMILES string of the molecule is CC1Cc2cc(C(=O)O)cc(O)c2O1. The molecule has 4 nitrogen and oxygen atoms in total. The van der Waals surface area contributed by atoms with Crippen molar-refractivity contribution in [3.05, 3.63) is 23.3 Å². The van der Waals surface area contributed by atoms with Crippen molar-refractivity contribution >= 4 is 5.97 Å². The summed E-state index contributed by atoms with van der Waals surface area (Å²) in [5, 5.41) is 18.2. The number of hydrogen-bond acceptors (Lipinski definition) is 3. The van der Waals surface area contributed by atoms with Crippen molar-refractivity contribution in [1.29, 1.82) is 0 Å². The molecule has 2 rings (SSSR count). The molecule has 0 spiro atoms. The molecule has 1 atom stereocenters. The van der Waals surface area contributed by atoms with E-state index in [1.54, 1.807) is 6.07 Å². The fourth-order valence-electron chi connectivity index (χ4n) is 1.64. The second-order valence-corrected chi connectivity index (χ2v) is 3.42. The van der Waals surface area contributed by atoms with E-state index in [-0.39, 0.29) is 17.4 Å². The minimum atomic E-state index is -1.04. The Balaban J connectivity index is 2.51. The van der Waals surface area contributed by atoms with Gasteiger partial charge in [-0.15, -0.1) is 0 Å². The number of aromatic hydroxyl groups is 1. The number of aromatic carboxylic acids is 1. The molecule has 0 radical (unpaired) electrons. The Bertz CT molecular complexity index is 397. The molecule has 1 heterocycles. The normalized spacial score (nSPS) is 18.8. The third-order valence-electron chi connectivity index (χ3n) is 2.22. The summed E-state index contributed by atoms with van der Waals surface area (Å²) in [5.74, 6) is -0.714. The van der Waals surface area contributed by atoms with Crippen LogP contribution in [-0.4, -0.2) is 22.3 Å². The highest BCUT2D eigenvalue weighted by Crippen LogP contribution is 2.38. The summed E-state index contributed by atoms with van der Waals surface area (Å²) in [7, 11) is 0. The van der Waals surface area contributed by atoms with Crippen LogP contribution < -0.4 is 4.74 Å². The van der Waals surface area contributed by atoms with Crippen molar-refractivity contribution < 1.29 is 19.7 Å². The lowest BCUT2D eigenvalue weighted by atomic mass is 10.1. The Kier molecular flexibility index (Phi) is 1.84. The van der Waals surface area contributed by atoms with Crippen LogP contribution in [0.2, 0.25) is 0 Å². The van der Waals surface area contributed by atoms with Crippen molar-refractivity contribution in [3.8, 4) is 11.5 Å². The highest BCUT2D eigenvalue weighted by Gasteiger charge is 2.24. The minimum Gasteiger partial charge on any atom is -0.504 e. The molecular formula is C10H10O4. The molecule has 0 aromatic heterocycles. The van der Waals surface area contributed by atoms with E-state index in [4.69, 9.17) is 9.84 Å². The van der Waals surface area contributed by atoms with Gasteiger partial charge in [-0.2, -0.15) is 0 Å². The summed E-state index contributed by atoms with van der Waals surface area (Å²) >= 11 is 0. The van der Waals surface area contributed by atoms with Crippen LogP contribution in [0.15, 0.2) is 12.1 Å². The van der Waals surface area contributed by atoms with Gasteiger partial charge in [0.15, 0.2) is 11.5 Å². The lowest BCUT2D eigenvalue weighted by Crippen LogP contribution is -2.05. The molecule has 0 fully saturated rings. The van der Waals surface area contributed by atoms with Crippen molar-refractivity contribution in [2.45, 2.75) is 19.4 Å². The van der Waals surface area contributed by atoms with Gasteiger partial charge in [0.05, 0.1) is 5.56 Å². The predicted octanol–water partition coefficient (Wildman–Crippen LogP) is 1.41. The summed E-state index contributed by atoms with van der Waals surface area (Å²) < 4.78 is 5.33. The van der Waals surface area contributed by atoms with Crippen LogP contribution >= 0.6 is 0 Å². The first-order valence-corrected chi connectivity index (χ1v) is 4.34. The van der Waals surface area contributed by atoms with Gasteiger partial charge in [0, 0.05) is 12.0 Å². The van der Waals surface area contributed by atoms with Gasteiger partial charge in [0.25, 0.3) is 0 Å². The van der Waals surface area contributed by atoms with Crippen molar-refractivity contribution in [2.75, 3.05) is 0 Å². The van der Waals surface area contributed by atoms with E-state index in [0.717, 1.165) is 5.56 Å². The first-order chi connectivity index (χ1) is 6.58. The topological polar surface area (TPSA) is 66.8 Å². The standard InChI is InChI=1S/C10H10O4/c1-5-2-6-3-7(10(12)13)4-8(11)9(6)14-5/h3-5,11H,2H2,1H3,(H,12,13). The molecule has 4 heteroatoms. The number of fused-ring (bicyclic) bond motifs is 1. The second kappa shape index (κ2) is 2.90. The fraction of sp³-hybridized carbons (Fsp3) is 0.300. The molecule has 0 saturated carbocycles. The maximum Gasteiger partial charge on any atom is 0.335 e. The van der Waals surface area contributed by atoms with Gasteiger partial charge in [-0.3, -0.25) is 0 Å². The highest BCUT2D eigenvalue weighted by molar-refractivity contribution is 5.89. The summed E-state index contributed by atoms with van der Waals surface area (Å²) in [6, 6.07) is 2.75. The zero-order chi connectivity index (χ0) is 10.3. The maximum absolute atomic E-state index is 10.7. The Morgan fingerprint density at radius 3 is 2.93 bits per heavy atom. The molecular weight excluding hydrogens is 184 g/mol. The molecule has 1 aromatic carbocycles.